The van der Waals surface area contributed by atoms with Crippen LogP contribution >= 0.6 is 0 Å². The first-order valence-electron chi connectivity index (χ1n) is 9.47. The lowest BCUT2D eigenvalue weighted by Crippen LogP contribution is -2.47. The molecule has 1 saturated heterocycles. The second-order valence-electron chi connectivity index (χ2n) is 8.31. The molecular formula is C21H29N3. The van der Waals surface area contributed by atoms with Gasteiger partial charge in [0.1, 0.15) is 0 Å². The predicted octanol–water partition coefficient (Wildman–Crippen LogP) is 4.09. The lowest BCUT2D eigenvalue weighted by atomic mass is 9.82. The lowest BCUT2D eigenvalue weighted by molar-refractivity contribution is 0.250. The molecule has 128 valence electrons. The summed E-state index contributed by atoms with van der Waals surface area (Å²) >= 11 is 0. The Morgan fingerprint density at radius 2 is 2.17 bits per heavy atom. The van der Waals surface area contributed by atoms with Crippen LogP contribution in [-0.4, -0.2) is 24.1 Å². The topological polar surface area (TPSA) is 37.0 Å². The van der Waals surface area contributed by atoms with Crippen LogP contribution in [-0.2, 0) is 19.3 Å². The molecule has 0 radical (unpaired) electrons. The summed E-state index contributed by atoms with van der Waals surface area (Å²) in [7, 11) is 0. The van der Waals surface area contributed by atoms with Crippen LogP contribution in [0.2, 0.25) is 0 Å². The van der Waals surface area contributed by atoms with E-state index in [1.54, 1.807) is 0 Å². The van der Waals surface area contributed by atoms with Gasteiger partial charge in [-0.05, 0) is 54.7 Å². The van der Waals surface area contributed by atoms with Gasteiger partial charge in [-0.3, -0.25) is 4.98 Å². The van der Waals surface area contributed by atoms with Crippen molar-refractivity contribution in [1.82, 2.24) is 10.3 Å². The SMILES string of the molecule is CCc1ccc2c(NC3CNCC(C)(C)C3)c3c(nc2c1)CCC3. The largest absolute Gasteiger partial charge is 0.380 e. The molecule has 1 atom stereocenters. The van der Waals surface area contributed by atoms with E-state index in [1.165, 1.54) is 52.7 Å². The monoisotopic (exact) mass is 323 g/mol. The van der Waals surface area contributed by atoms with E-state index in [9.17, 15) is 0 Å². The number of nitrogens with zero attached hydrogens (tertiary/aromatic N) is 1. The fourth-order valence-corrected chi connectivity index (χ4v) is 4.40. The van der Waals surface area contributed by atoms with E-state index in [0.29, 0.717) is 11.5 Å². The van der Waals surface area contributed by atoms with Crippen LogP contribution < -0.4 is 10.6 Å². The van der Waals surface area contributed by atoms with Crippen LogP contribution in [0.1, 0.15) is 50.4 Å². The molecule has 2 heterocycles. The van der Waals surface area contributed by atoms with Crippen LogP contribution in [0.4, 0.5) is 5.69 Å². The molecule has 24 heavy (non-hydrogen) atoms. The molecule has 2 aliphatic rings. The number of piperidine rings is 1. The summed E-state index contributed by atoms with van der Waals surface area (Å²) in [5.41, 5.74) is 7.05. The number of hydrogen-bond donors (Lipinski definition) is 2. The minimum atomic E-state index is 0.358. The quantitative estimate of drug-likeness (QED) is 0.893. The molecule has 0 spiro atoms. The van der Waals surface area contributed by atoms with Gasteiger partial charge in [0, 0.05) is 35.9 Å². The van der Waals surface area contributed by atoms with Gasteiger partial charge in [-0.2, -0.15) is 0 Å². The third kappa shape index (κ3) is 2.90. The zero-order valence-corrected chi connectivity index (χ0v) is 15.2. The highest BCUT2D eigenvalue weighted by molar-refractivity contribution is 5.94. The molecule has 0 bridgehead atoms. The van der Waals surface area contributed by atoms with Crippen molar-refractivity contribution >= 4 is 16.6 Å². The van der Waals surface area contributed by atoms with Crippen LogP contribution in [0.5, 0.6) is 0 Å². The maximum Gasteiger partial charge on any atom is 0.0729 e. The van der Waals surface area contributed by atoms with Gasteiger partial charge in [-0.25, -0.2) is 0 Å². The molecule has 1 aliphatic heterocycles. The molecule has 2 aromatic rings. The maximum absolute atomic E-state index is 4.99. The second-order valence-corrected chi connectivity index (χ2v) is 8.31. The molecule has 1 fully saturated rings. The average molecular weight is 323 g/mol. The lowest BCUT2D eigenvalue weighted by Gasteiger charge is -2.37. The van der Waals surface area contributed by atoms with Gasteiger partial charge < -0.3 is 10.6 Å². The number of rotatable bonds is 3. The molecule has 2 N–H and O–H groups in total. The third-order valence-electron chi connectivity index (χ3n) is 5.63. The predicted molar refractivity (Wildman–Crippen MR) is 102 cm³/mol. The van der Waals surface area contributed by atoms with Gasteiger partial charge in [0.25, 0.3) is 0 Å². The summed E-state index contributed by atoms with van der Waals surface area (Å²) in [5, 5.41) is 8.82. The minimum absolute atomic E-state index is 0.358. The Labute approximate surface area is 145 Å². The van der Waals surface area contributed by atoms with E-state index in [0.717, 1.165) is 25.9 Å². The highest BCUT2D eigenvalue weighted by Crippen LogP contribution is 2.36. The van der Waals surface area contributed by atoms with Crippen molar-refractivity contribution in [2.24, 2.45) is 5.41 Å². The maximum atomic E-state index is 4.99. The van der Waals surface area contributed by atoms with Crippen molar-refractivity contribution in [3.63, 3.8) is 0 Å². The van der Waals surface area contributed by atoms with E-state index in [2.05, 4.69) is 49.6 Å². The number of aromatic nitrogens is 1. The minimum Gasteiger partial charge on any atom is -0.380 e. The van der Waals surface area contributed by atoms with E-state index in [-0.39, 0.29) is 0 Å². The van der Waals surface area contributed by atoms with Gasteiger partial charge in [-0.15, -0.1) is 0 Å². The number of hydrogen-bond acceptors (Lipinski definition) is 3. The summed E-state index contributed by atoms with van der Waals surface area (Å²) in [6.45, 7) is 9.09. The standard InChI is InChI=1S/C21H29N3/c1-4-14-8-9-17-19(10-14)24-18-7-5-6-16(18)20(17)23-15-11-21(2,3)13-22-12-15/h8-10,15,22H,4-7,11-13H2,1-3H3,(H,23,24). The molecular weight excluding hydrogens is 294 g/mol. The summed E-state index contributed by atoms with van der Waals surface area (Å²) in [4.78, 5) is 4.99. The fourth-order valence-electron chi connectivity index (χ4n) is 4.40. The van der Waals surface area contributed by atoms with E-state index < -0.39 is 0 Å². The zero-order valence-electron chi connectivity index (χ0n) is 15.2. The van der Waals surface area contributed by atoms with Crippen LogP contribution in [0, 0.1) is 5.41 Å². The van der Waals surface area contributed by atoms with Crippen molar-refractivity contribution in [1.29, 1.82) is 0 Å². The molecule has 0 amide bonds. The molecule has 0 saturated carbocycles. The number of benzene rings is 1. The number of nitrogens with one attached hydrogen (secondary N) is 2. The van der Waals surface area contributed by atoms with Crippen LogP contribution in [0.25, 0.3) is 10.9 Å². The summed E-state index contributed by atoms with van der Waals surface area (Å²) in [6.07, 6.45) is 5.82. The second kappa shape index (κ2) is 6.03. The third-order valence-corrected chi connectivity index (χ3v) is 5.63. The van der Waals surface area contributed by atoms with Gasteiger partial charge >= 0.3 is 0 Å². The Hall–Kier alpha value is -1.61. The van der Waals surface area contributed by atoms with Crippen LogP contribution in [0.15, 0.2) is 18.2 Å². The Morgan fingerprint density at radius 1 is 1.29 bits per heavy atom. The Bertz CT molecular complexity index is 763. The number of pyridine rings is 1. The first-order chi connectivity index (χ1) is 11.6. The highest BCUT2D eigenvalue weighted by atomic mass is 15.0. The van der Waals surface area contributed by atoms with Crippen molar-refractivity contribution in [2.45, 2.75) is 58.9 Å². The van der Waals surface area contributed by atoms with E-state index in [1.807, 2.05) is 0 Å². The zero-order chi connectivity index (χ0) is 16.7. The Morgan fingerprint density at radius 3 is 2.96 bits per heavy atom. The molecule has 3 nitrogen and oxygen atoms in total. The smallest absolute Gasteiger partial charge is 0.0729 e. The molecule has 1 aromatic carbocycles. The number of aryl methyl sites for hydroxylation is 2. The summed E-state index contributed by atoms with van der Waals surface area (Å²) < 4.78 is 0. The normalized spacial score (nSPS) is 22.5. The van der Waals surface area contributed by atoms with Gasteiger partial charge in [0.2, 0.25) is 0 Å². The number of fused-ring (bicyclic) bond motifs is 2. The summed E-state index contributed by atoms with van der Waals surface area (Å²) in [6, 6.07) is 7.32. The van der Waals surface area contributed by atoms with Gasteiger partial charge in [0.15, 0.2) is 0 Å². The van der Waals surface area contributed by atoms with Gasteiger partial charge in [-0.1, -0.05) is 32.9 Å². The van der Waals surface area contributed by atoms with Crippen molar-refractivity contribution in [3.05, 3.63) is 35.0 Å². The average Bonchev–Trinajstić information content (AvgIpc) is 3.01. The van der Waals surface area contributed by atoms with Crippen molar-refractivity contribution in [3.8, 4) is 0 Å². The Balaban J connectivity index is 1.76. The molecule has 1 aliphatic carbocycles. The molecule has 4 rings (SSSR count). The molecule has 3 heteroatoms. The highest BCUT2D eigenvalue weighted by Gasteiger charge is 2.29. The van der Waals surface area contributed by atoms with Crippen molar-refractivity contribution in [2.75, 3.05) is 18.4 Å². The van der Waals surface area contributed by atoms with Gasteiger partial charge in [0.05, 0.1) is 5.52 Å². The van der Waals surface area contributed by atoms with E-state index >= 15 is 0 Å². The molecule has 1 unspecified atom stereocenters. The Kier molecular flexibility index (Phi) is 4.00. The van der Waals surface area contributed by atoms with Crippen molar-refractivity contribution < 1.29 is 0 Å². The molecule has 1 aromatic heterocycles. The number of anilines is 1. The summed E-state index contributed by atoms with van der Waals surface area (Å²) in [5.74, 6) is 0. The first kappa shape index (κ1) is 15.9. The fraction of sp³-hybridized carbons (Fsp3) is 0.571. The first-order valence-corrected chi connectivity index (χ1v) is 9.47. The van der Waals surface area contributed by atoms with E-state index in [4.69, 9.17) is 4.98 Å². The van der Waals surface area contributed by atoms with Crippen LogP contribution in [0.3, 0.4) is 0 Å².